The predicted molar refractivity (Wildman–Crippen MR) is 140 cm³/mol. The molecule has 1 aliphatic carbocycles. The van der Waals surface area contributed by atoms with E-state index in [2.05, 4.69) is 57.0 Å². The van der Waals surface area contributed by atoms with E-state index in [1.165, 1.54) is 39.5 Å². The smallest absolute Gasteiger partial charge is 0.335 e. The highest BCUT2D eigenvalue weighted by atomic mass is 32.2. The molecular weight excluding hydrogens is 434 g/mol. The Balaban J connectivity index is 1.72. The van der Waals surface area contributed by atoms with Crippen molar-refractivity contribution in [3.63, 3.8) is 0 Å². The number of benzene rings is 2. The molecule has 1 N–H and O–H groups in total. The van der Waals surface area contributed by atoms with Gasteiger partial charge in [-0.1, -0.05) is 87.6 Å². The molecule has 32 heavy (non-hydrogen) atoms. The lowest BCUT2D eigenvalue weighted by Crippen LogP contribution is -2.34. The molecule has 5 heteroatoms. The fourth-order valence-electron chi connectivity index (χ4n) is 4.42. The number of carbonyl (C=O) groups is 1. The van der Waals surface area contributed by atoms with Gasteiger partial charge in [-0.2, -0.15) is 0 Å². The van der Waals surface area contributed by atoms with Gasteiger partial charge >= 0.3 is 5.97 Å². The van der Waals surface area contributed by atoms with Gasteiger partial charge in [0.1, 0.15) is 4.38 Å². The van der Waals surface area contributed by atoms with Crippen LogP contribution < -0.4 is 0 Å². The number of carboxylic acid groups (broad SMARTS) is 1. The predicted octanol–water partition coefficient (Wildman–Crippen LogP) is 7.24. The lowest BCUT2D eigenvalue weighted by Gasteiger charge is -2.42. The van der Waals surface area contributed by atoms with E-state index in [-0.39, 0.29) is 10.8 Å². The van der Waals surface area contributed by atoms with Crippen molar-refractivity contribution in [2.45, 2.75) is 57.1 Å². The van der Waals surface area contributed by atoms with Gasteiger partial charge in [-0.25, -0.2) is 4.79 Å². The first-order valence-electron chi connectivity index (χ1n) is 11.2. The van der Waals surface area contributed by atoms with Crippen LogP contribution >= 0.6 is 23.5 Å². The summed E-state index contributed by atoms with van der Waals surface area (Å²) in [5, 5.41) is 9.14. The maximum atomic E-state index is 11.1. The van der Waals surface area contributed by atoms with Gasteiger partial charge < -0.3 is 5.11 Å². The summed E-state index contributed by atoms with van der Waals surface area (Å²) in [6, 6.07) is 11.9. The highest BCUT2D eigenvalue weighted by Gasteiger charge is 2.37. The molecule has 2 aliphatic rings. The maximum Gasteiger partial charge on any atom is 0.335 e. The first kappa shape index (κ1) is 23.2. The second-order valence-electron chi connectivity index (χ2n) is 9.91. The number of fused-ring (bicyclic) bond motifs is 1. The van der Waals surface area contributed by atoms with Crippen LogP contribution in [-0.4, -0.2) is 27.7 Å². The van der Waals surface area contributed by atoms with E-state index in [0.717, 1.165) is 23.6 Å². The molecule has 0 aromatic heterocycles. The fraction of sp³-hybridized carbons (Fsp3) is 0.407. The Morgan fingerprint density at radius 1 is 1.06 bits per heavy atom. The summed E-state index contributed by atoms with van der Waals surface area (Å²) in [4.78, 5) is 15.7. The number of nitrogens with zero attached hydrogens (tertiary/aromatic N) is 1. The highest BCUT2D eigenvalue weighted by molar-refractivity contribution is 8.38. The fourth-order valence-corrected chi connectivity index (χ4v) is 6.43. The van der Waals surface area contributed by atoms with E-state index >= 15 is 0 Å². The third-order valence-electron chi connectivity index (χ3n) is 6.63. The number of aromatic carboxylic acids is 1. The molecule has 0 saturated heterocycles. The third-order valence-corrected chi connectivity index (χ3v) is 8.94. The van der Waals surface area contributed by atoms with E-state index in [4.69, 9.17) is 5.11 Å². The number of hydrogen-bond donors (Lipinski definition) is 1. The summed E-state index contributed by atoms with van der Waals surface area (Å²) in [5.41, 5.74) is 7.17. The van der Waals surface area contributed by atoms with Crippen molar-refractivity contribution < 1.29 is 9.90 Å². The van der Waals surface area contributed by atoms with Crippen molar-refractivity contribution in [1.29, 1.82) is 0 Å². The Bertz CT molecular complexity index is 1080. The lowest BCUT2D eigenvalue weighted by molar-refractivity contribution is 0.0697. The lowest BCUT2D eigenvalue weighted by atomic mass is 9.62. The Morgan fingerprint density at radius 2 is 1.72 bits per heavy atom. The van der Waals surface area contributed by atoms with Crippen LogP contribution in [0.1, 0.15) is 78.7 Å². The van der Waals surface area contributed by atoms with Gasteiger partial charge in [0.2, 0.25) is 0 Å². The zero-order chi connectivity index (χ0) is 22.9. The van der Waals surface area contributed by atoms with Crippen LogP contribution in [0.5, 0.6) is 0 Å². The average molecular weight is 466 g/mol. The largest absolute Gasteiger partial charge is 0.478 e. The summed E-state index contributed by atoms with van der Waals surface area (Å²) < 4.78 is 1.20. The van der Waals surface area contributed by atoms with Crippen molar-refractivity contribution in [3.8, 4) is 0 Å². The minimum atomic E-state index is -0.896. The number of carboxylic acids is 1. The summed E-state index contributed by atoms with van der Waals surface area (Å²) in [5.74, 6) is 1.10. The normalized spacial score (nSPS) is 19.1. The molecule has 0 radical (unpaired) electrons. The molecule has 0 spiro atoms. The number of rotatable bonds is 5. The molecule has 0 saturated carbocycles. The Labute approximate surface area is 199 Å². The van der Waals surface area contributed by atoms with Crippen molar-refractivity contribution >= 4 is 46.0 Å². The Morgan fingerprint density at radius 3 is 2.31 bits per heavy atom. The van der Waals surface area contributed by atoms with Crippen LogP contribution in [-0.2, 0) is 16.6 Å². The molecule has 0 amide bonds. The van der Waals surface area contributed by atoms with Gasteiger partial charge in [-0.05, 0) is 63.6 Å². The number of thioether (sulfide) groups is 2. The van der Waals surface area contributed by atoms with Gasteiger partial charge in [-0.3, -0.25) is 4.99 Å². The van der Waals surface area contributed by atoms with Crippen molar-refractivity contribution in [3.05, 3.63) is 69.8 Å². The molecule has 168 valence electrons. The maximum absolute atomic E-state index is 11.1. The van der Waals surface area contributed by atoms with Crippen molar-refractivity contribution in [1.82, 2.24) is 0 Å². The third kappa shape index (κ3) is 4.99. The molecule has 1 aliphatic heterocycles. The van der Waals surface area contributed by atoms with Crippen molar-refractivity contribution in [2.75, 3.05) is 12.3 Å². The van der Waals surface area contributed by atoms with E-state index in [9.17, 15) is 4.79 Å². The number of hydrogen-bond acceptors (Lipinski definition) is 4. The molecule has 4 rings (SSSR count). The minimum absolute atomic E-state index is 0.160. The molecular formula is C27H31NO2S2. The van der Waals surface area contributed by atoms with Crippen LogP contribution in [0.3, 0.4) is 0 Å². The van der Waals surface area contributed by atoms with Crippen LogP contribution in [0, 0.1) is 0 Å². The van der Waals surface area contributed by atoms with Gasteiger partial charge in [0, 0.05) is 11.5 Å². The molecule has 0 unspecified atom stereocenters. The second-order valence-corrected chi connectivity index (χ2v) is 12.2. The first-order valence-corrected chi connectivity index (χ1v) is 13.1. The van der Waals surface area contributed by atoms with E-state index < -0.39 is 5.97 Å². The van der Waals surface area contributed by atoms with Crippen LogP contribution in [0.2, 0.25) is 0 Å². The van der Waals surface area contributed by atoms with Crippen molar-refractivity contribution in [2.24, 2.45) is 4.99 Å². The molecule has 1 heterocycles. The number of aliphatic imine (C=N–C) groups is 1. The average Bonchev–Trinajstić information content (AvgIpc) is 3.28. The summed E-state index contributed by atoms with van der Waals surface area (Å²) >= 11 is 3.70. The van der Waals surface area contributed by atoms with Gasteiger partial charge in [0.15, 0.2) is 0 Å². The molecule has 0 bridgehead atoms. The van der Waals surface area contributed by atoms with E-state index in [1.54, 1.807) is 12.1 Å². The zero-order valence-corrected chi connectivity index (χ0v) is 20.9. The Hall–Kier alpha value is -1.98. The molecule has 0 fully saturated rings. The summed E-state index contributed by atoms with van der Waals surface area (Å²) in [6.07, 6.45) is 6.67. The van der Waals surface area contributed by atoms with E-state index in [0.29, 0.717) is 5.56 Å². The monoisotopic (exact) mass is 465 g/mol. The summed E-state index contributed by atoms with van der Waals surface area (Å²) in [7, 11) is 0. The molecule has 2 aromatic carbocycles. The quantitative estimate of drug-likeness (QED) is 0.473. The minimum Gasteiger partial charge on any atom is -0.478 e. The standard InChI is InChI=1S/C27H31NO2S2/c1-26(2)11-12-27(3,4)23-16-21(17-32-25-28-13-14-31-25)20(15-22(23)26)10-7-18-5-8-19(9-6-18)24(29)30/h5-10,15-16H,11-14,17H2,1-4H3,(H,29,30)/b10-7+. The Kier molecular flexibility index (Phi) is 6.60. The van der Waals surface area contributed by atoms with Crippen LogP contribution in [0.25, 0.3) is 12.2 Å². The molecule has 2 aromatic rings. The van der Waals surface area contributed by atoms with Crippen LogP contribution in [0.4, 0.5) is 0 Å². The van der Waals surface area contributed by atoms with Gasteiger partial charge in [0.05, 0.1) is 12.1 Å². The summed E-state index contributed by atoms with van der Waals surface area (Å²) in [6.45, 7) is 10.4. The van der Waals surface area contributed by atoms with Gasteiger partial charge in [-0.15, -0.1) is 0 Å². The second kappa shape index (κ2) is 9.11. The highest BCUT2D eigenvalue weighted by Crippen LogP contribution is 2.47. The zero-order valence-electron chi connectivity index (χ0n) is 19.3. The van der Waals surface area contributed by atoms with Crippen LogP contribution in [0.15, 0.2) is 41.4 Å². The SMILES string of the molecule is CC1(C)CCC(C)(C)c2cc(CSC3=NCCS3)c(/C=C/c3ccc(C(=O)O)cc3)cc21. The van der Waals surface area contributed by atoms with Gasteiger partial charge in [0.25, 0.3) is 0 Å². The van der Waals surface area contributed by atoms with E-state index in [1.807, 2.05) is 35.7 Å². The topological polar surface area (TPSA) is 49.7 Å². The molecule has 0 atom stereocenters. The molecule has 3 nitrogen and oxygen atoms in total. The first-order chi connectivity index (χ1) is 15.2.